The Morgan fingerprint density at radius 1 is 1.13 bits per heavy atom. The first-order valence-electron chi connectivity index (χ1n) is 6.24. The number of nitrogens with one attached hydrogen (secondary N) is 1. The maximum absolute atomic E-state index is 13.5. The van der Waals surface area contributed by atoms with E-state index in [1.165, 1.54) is 30.3 Å². The summed E-state index contributed by atoms with van der Waals surface area (Å²) in [4.78, 5) is 23.6. The van der Waals surface area contributed by atoms with Crippen LogP contribution in [0.5, 0.6) is 0 Å². The van der Waals surface area contributed by atoms with Crippen LogP contribution < -0.4 is 5.32 Å². The Hall–Kier alpha value is -1.82. The lowest BCUT2D eigenvalue weighted by Gasteiger charge is -2.09. The minimum absolute atomic E-state index is 0.0282. The standard InChI is InChI=1S/C15H9Cl3FNO3/c16-8-4-5-11(19)12(6-8)20-13(21)7-23-15(22)9-2-1-3-10(17)14(9)18/h1-6H,7H2,(H,20,21). The number of esters is 1. The second-order valence-electron chi connectivity index (χ2n) is 4.35. The molecule has 1 amide bonds. The molecule has 0 unspecified atom stereocenters. The molecule has 0 spiro atoms. The molecule has 0 aliphatic carbocycles. The Kier molecular flexibility index (Phi) is 5.82. The van der Waals surface area contributed by atoms with Crippen LogP contribution in [0.3, 0.4) is 0 Å². The normalized spacial score (nSPS) is 10.3. The van der Waals surface area contributed by atoms with Crippen molar-refractivity contribution in [2.24, 2.45) is 0 Å². The summed E-state index contributed by atoms with van der Waals surface area (Å²) in [6.45, 7) is -0.617. The fraction of sp³-hybridized carbons (Fsp3) is 0.0667. The van der Waals surface area contributed by atoms with Crippen LogP contribution in [0.25, 0.3) is 0 Å². The van der Waals surface area contributed by atoms with Crippen LogP contribution in [0, 0.1) is 5.82 Å². The number of carbonyl (C=O) groups excluding carboxylic acids is 2. The SMILES string of the molecule is O=C(COC(=O)c1cccc(Cl)c1Cl)Nc1cc(Cl)ccc1F. The number of amides is 1. The number of hydrogen-bond acceptors (Lipinski definition) is 3. The summed E-state index contributed by atoms with van der Waals surface area (Å²) in [6.07, 6.45) is 0. The number of anilines is 1. The van der Waals surface area contributed by atoms with E-state index in [1.54, 1.807) is 0 Å². The highest BCUT2D eigenvalue weighted by molar-refractivity contribution is 6.43. The summed E-state index contributed by atoms with van der Waals surface area (Å²) in [5.41, 5.74) is -0.0831. The van der Waals surface area contributed by atoms with Gasteiger partial charge in [-0.2, -0.15) is 0 Å². The van der Waals surface area contributed by atoms with E-state index in [-0.39, 0.29) is 26.3 Å². The van der Waals surface area contributed by atoms with Gasteiger partial charge in [-0.25, -0.2) is 9.18 Å². The first-order valence-corrected chi connectivity index (χ1v) is 7.38. The molecule has 0 aromatic heterocycles. The van der Waals surface area contributed by atoms with Crippen molar-refractivity contribution in [2.45, 2.75) is 0 Å². The van der Waals surface area contributed by atoms with Gasteiger partial charge in [-0.1, -0.05) is 40.9 Å². The molecular formula is C15H9Cl3FNO3. The predicted molar refractivity (Wildman–Crippen MR) is 86.8 cm³/mol. The number of hydrogen-bond donors (Lipinski definition) is 1. The number of rotatable bonds is 4. The van der Waals surface area contributed by atoms with Crippen LogP contribution in [0.15, 0.2) is 36.4 Å². The number of carbonyl (C=O) groups is 2. The summed E-state index contributed by atoms with van der Waals surface area (Å²) in [7, 11) is 0. The second kappa shape index (κ2) is 7.64. The molecule has 0 saturated heterocycles. The number of halogens is 4. The first-order chi connectivity index (χ1) is 10.9. The smallest absolute Gasteiger partial charge is 0.340 e. The van der Waals surface area contributed by atoms with Crippen LogP contribution in [0.2, 0.25) is 15.1 Å². The fourth-order valence-electron chi connectivity index (χ4n) is 1.65. The van der Waals surface area contributed by atoms with Gasteiger partial charge in [0.25, 0.3) is 5.91 Å². The van der Waals surface area contributed by atoms with E-state index in [4.69, 9.17) is 39.5 Å². The molecule has 23 heavy (non-hydrogen) atoms. The van der Waals surface area contributed by atoms with Crippen LogP contribution >= 0.6 is 34.8 Å². The van der Waals surface area contributed by atoms with E-state index in [1.807, 2.05) is 0 Å². The molecule has 4 nitrogen and oxygen atoms in total. The molecular weight excluding hydrogens is 368 g/mol. The van der Waals surface area contributed by atoms with E-state index < -0.39 is 24.3 Å². The third kappa shape index (κ3) is 4.58. The third-order valence-electron chi connectivity index (χ3n) is 2.71. The van der Waals surface area contributed by atoms with Crippen molar-refractivity contribution in [3.8, 4) is 0 Å². The van der Waals surface area contributed by atoms with E-state index >= 15 is 0 Å². The summed E-state index contributed by atoms with van der Waals surface area (Å²) in [6, 6.07) is 8.13. The van der Waals surface area contributed by atoms with Crippen molar-refractivity contribution in [1.29, 1.82) is 0 Å². The van der Waals surface area contributed by atoms with Gasteiger partial charge in [-0.05, 0) is 30.3 Å². The Labute approximate surface area is 146 Å². The topological polar surface area (TPSA) is 55.4 Å². The highest BCUT2D eigenvalue weighted by Crippen LogP contribution is 2.26. The van der Waals surface area contributed by atoms with Crippen molar-refractivity contribution in [2.75, 3.05) is 11.9 Å². The molecule has 2 aromatic rings. The highest BCUT2D eigenvalue weighted by Gasteiger charge is 2.16. The molecule has 0 atom stereocenters. The van der Waals surface area contributed by atoms with Crippen LogP contribution in [0.4, 0.5) is 10.1 Å². The zero-order valence-electron chi connectivity index (χ0n) is 11.4. The van der Waals surface area contributed by atoms with Gasteiger partial charge in [0.2, 0.25) is 0 Å². The van der Waals surface area contributed by atoms with Gasteiger partial charge in [0.05, 0.1) is 21.3 Å². The fourth-order valence-corrected chi connectivity index (χ4v) is 2.20. The van der Waals surface area contributed by atoms with E-state index in [0.717, 1.165) is 6.07 Å². The maximum Gasteiger partial charge on any atom is 0.340 e. The van der Waals surface area contributed by atoms with Crippen LogP contribution in [-0.4, -0.2) is 18.5 Å². The van der Waals surface area contributed by atoms with Gasteiger partial charge >= 0.3 is 5.97 Å². The monoisotopic (exact) mass is 375 g/mol. The molecule has 1 N–H and O–H groups in total. The average molecular weight is 377 g/mol. The zero-order chi connectivity index (χ0) is 17.0. The first kappa shape index (κ1) is 17.5. The summed E-state index contributed by atoms with van der Waals surface area (Å²) >= 11 is 17.4. The van der Waals surface area contributed by atoms with Gasteiger partial charge in [-0.15, -0.1) is 0 Å². The predicted octanol–water partition coefficient (Wildman–Crippen LogP) is 4.58. The van der Waals surface area contributed by atoms with Gasteiger partial charge in [0, 0.05) is 5.02 Å². The highest BCUT2D eigenvalue weighted by atomic mass is 35.5. The lowest BCUT2D eigenvalue weighted by atomic mass is 10.2. The molecule has 0 fully saturated rings. The molecule has 0 aliphatic heterocycles. The van der Waals surface area contributed by atoms with Crippen molar-refractivity contribution < 1.29 is 18.7 Å². The summed E-state index contributed by atoms with van der Waals surface area (Å²) in [5, 5.41) is 2.72. The second-order valence-corrected chi connectivity index (χ2v) is 5.57. The van der Waals surface area contributed by atoms with E-state index in [9.17, 15) is 14.0 Å². The van der Waals surface area contributed by atoms with Gasteiger partial charge in [0.15, 0.2) is 6.61 Å². The van der Waals surface area contributed by atoms with Gasteiger partial charge < -0.3 is 10.1 Å². The quantitative estimate of drug-likeness (QED) is 0.795. The number of ether oxygens (including phenoxy) is 1. The largest absolute Gasteiger partial charge is 0.452 e. The molecule has 0 bridgehead atoms. The minimum Gasteiger partial charge on any atom is -0.452 e. The summed E-state index contributed by atoms with van der Waals surface area (Å²) < 4.78 is 18.3. The zero-order valence-corrected chi connectivity index (χ0v) is 13.7. The molecule has 0 heterocycles. The third-order valence-corrected chi connectivity index (χ3v) is 3.76. The average Bonchev–Trinajstić information content (AvgIpc) is 2.51. The van der Waals surface area contributed by atoms with E-state index in [0.29, 0.717) is 0 Å². The van der Waals surface area contributed by atoms with E-state index in [2.05, 4.69) is 5.32 Å². The van der Waals surface area contributed by atoms with Crippen molar-refractivity contribution in [3.63, 3.8) is 0 Å². The van der Waals surface area contributed by atoms with Crippen LogP contribution in [-0.2, 0) is 9.53 Å². The van der Waals surface area contributed by atoms with Crippen molar-refractivity contribution in [3.05, 3.63) is 62.8 Å². The molecule has 0 saturated carbocycles. The molecule has 8 heteroatoms. The Balaban J connectivity index is 1.98. The van der Waals surface area contributed by atoms with Crippen molar-refractivity contribution in [1.82, 2.24) is 0 Å². The minimum atomic E-state index is -0.820. The Morgan fingerprint density at radius 2 is 1.87 bits per heavy atom. The Bertz CT molecular complexity index is 768. The lowest BCUT2D eigenvalue weighted by Crippen LogP contribution is -2.21. The maximum atomic E-state index is 13.5. The number of benzene rings is 2. The molecule has 120 valence electrons. The molecule has 0 radical (unpaired) electrons. The molecule has 2 rings (SSSR count). The van der Waals surface area contributed by atoms with Gasteiger partial charge in [0.1, 0.15) is 5.82 Å². The molecule has 0 aliphatic rings. The van der Waals surface area contributed by atoms with Crippen LogP contribution in [0.1, 0.15) is 10.4 Å². The van der Waals surface area contributed by atoms with Gasteiger partial charge in [-0.3, -0.25) is 4.79 Å². The lowest BCUT2D eigenvalue weighted by molar-refractivity contribution is -0.119. The summed E-state index contributed by atoms with van der Waals surface area (Å²) in [5.74, 6) is -2.20. The molecule has 2 aromatic carbocycles. The van der Waals surface area contributed by atoms with Crippen molar-refractivity contribution >= 4 is 52.4 Å². The Morgan fingerprint density at radius 3 is 2.61 bits per heavy atom.